The van der Waals surface area contributed by atoms with Gasteiger partial charge in [-0.15, -0.1) is 0 Å². The first-order valence-corrected chi connectivity index (χ1v) is 16.6. The van der Waals surface area contributed by atoms with Crippen molar-refractivity contribution in [2.24, 2.45) is 5.92 Å². The summed E-state index contributed by atoms with van der Waals surface area (Å²) in [6, 6.07) is 4.38. The number of aromatic amines is 1. The fraction of sp³-hybridized carbons (Fsp3) is 0.600. The molecule has 0 saturated carbocycles. The summed E-state index contributed by atoms with van der Waals surface area (Å²) in [5.74, 6) is -1.23. The van der Waals surface area contributed by atoms with E-state index >= 15 is 0 Å². The SMILES string of the molecule is CCSC[C@@H](NC(=O)[C@@H](Cc1c(Br)[nH]c2ccccc12)NC(=O)[C@H](CC(C)C)NC(=O)N1[C@H](C)CCC[C@@H]1C)C(=O)O. The Labute approximate surface area is 260 Å². The lowest BCUT2D eigenvalue weighted by molar-refractivity contribution is -0.141. The number of amides is 4. The quantitative estimate of drug-likeness (QED) is 0.210. The van der Waals surface area contributed by atoms with E-state index < -0.39 is 35.9 Å². The Kier molecular flexibility index (Phi) is 12.6. The van der Waals surface area contributed by atoms with Crippen LogP contribution in [0.15, 0.2) is 28.9 Å². The van der Waals surface area contributed by atoms with Crippen molar-refractivity contribution in [1.29, 1.82) is 0 Å². The summed E-state index contributed by atoms with van der Waals surface area (Å²) in [5.41, 5.74) is 1.64. The molecule has 10 nitrogen and oxygen atoms in total. The number of carbonyl (C=O) groups is 4. The standard InChI is InChI=1S/C30H44BrN5O5S/c1-6-42-16-25(29(39)40)34-28(38)24(15-21-20-12-7-8-13-22(20)32-26(21)31)33-27(37)23(14-17(2)3)35-30(41)36-18(4)10-9-11-19(36)5/h7-8,12-13,17-19,23-25,32H,6,9-11,14-16H2,1-5H3,(H,33,37)(H,34,38)(H,35,41)(H,39,40)/t18-,19+,23-,24+,25+/m0/s1. The average Bonchev–Trinajstić information content (AvgIpc) is 3.24. The van der Waals surface area contributed by atoms with Crippen LogP contribution in [0.3, 0.4) is 0 Å². The first-order valence-electron chi connectivity index (χ1n) is 14.7. The van der Waals surface area contributed by atoms with Gasteiger partial charge in [0, 0.05) is 35.2 Å². The molecule has 0 spiro atoms. The molecule has 0 bridgehead atoms. The second-order valence-electron chi connectivity index (χ2n) is 11.5. The number of likely N-dealkylation sites (tertiary alicyclic amines) is 1. The number of aromatic nitrogens is 1. The molecule has 1 aromatic heterocycles. The van der Waals surface area contributed by atoms with Gasteiger partial charge in [-0.1, -0.05) is 39.0 Å². The van der Waals surface area contributed by atoms with Gasteiger partial charge in [-0.3, -0.25) is 9.59 Å². The van der Waals surface area contributed by atoms with Gasteiger partial charge in [0.05, 0.1) is 4.60 Å². The number of carboxylic acid groups (broad SMARTS) is 1. The van der Waals surface area contributed by atoms with E-state index in [0.717, 1.165) is 35.7 Å². The Morgan fingerprint density at radius 1 is 1.02 bits per heavy atom. The van der Waals surface area contributed by atoms with Crippen molar-refractivity contribution >= 4 is 62.4 Å². The number of hydrogen-bond acceptors (Lipinski definition) is 5. The highest BCUT2D eigenvalue weighted by Crippen LogP contribution is 2.28. The molecule has 1 saturated heterocycles. The molecule has 0 radical (unpaired) electrons. The van der Waals surface area contributed by atoms with E-state index in [-0.39, 0.29) is 36.2 Å². The normalized spacial score (nSPS) is 19.3. The predicted octanol–water partition coefficient (Wildman–Crippen LogP) is 4.67. The smallest absolute Gasteiger partial charge is 0.327 e. The summed E-state index contributed by atoms with van der Waals surface area (Å²) < 4.78 is 0.673. The highest BCUT2D eigenvalue weighted by molar-refractivity contribution is 9.10. The summed E-state index contributed by atoms with van der Waals surface area (Å²) in [5, 5.41) is 19.0. The van der Waals surface area contributed by atoms with Gasteiger partial charge in [0.15, 0.2) is 0 Å². The molecule has 12 heteroatoms. The maximum atomic E-state index is 13.8. The third kappa shape index (κ3) is 8.89. The van der Waals surface area contributed by atoms with Crippen LogP contribution in [0.1, 0.15) is 65.9 Å². The third-order valence-electron chi connectivity index (χ3n) is 7.66. The molecule has 4 amide bonds. The number of thioether (sulfide) groups is 1. The third-order valence-corrected chi connectivity index (χ3v) is 9.31. The minimum atomic E-state index is -1.14. The number of para-hydroxylation sites is 1. The van der Waals surface area contributed by atoms with Crippen LogP contribution in [0.25, 0.3) is 10.9 Å². The van der Waals surface area contributed by atoms with Crippen LogP contribution in [0, 0.1) is 5.92 Å². The average molecular weight is 667 g/mol. The number of benzene rings is 1. The van der Waals surface area contributed by atoms with Gasteiger partial charge >= 0.3 is 12.0 Å². The molecule has 1 aliphatic rings. The predicted molar refractivity (Wildman–Crippen MR) is 171 cm³/mol. The highest BCUT2D eigenvalue weighted by Gasteiger charge is 2.34. The van der Waals surface area contributed by atoms with Gasteiger partial charge in [-0.25, -0.2) is 9.59 Å². The van der Waals surface area contributed by atoms with E-state index in [1.165, 1.54) is 11.8 Å². The van der Waals surface area contributed by atoms with E-state index in [2.05, 4.69) is 36.9 Å². The van der Waals surface area contributed by atoms with E-state index in [9.17, 15) is 24.3 Å². The highest BCUT2D eigenvalue weighted by atomic mass is 79.9. The van der Waals surface area contributed by atoms with Crippen LogP contribution in [-0.2, 0) is 20.8 Å². The molecule has 0 aliphatic carbocycles. The monoisotopic (exact) mass is 665 g/mol. The molecule has 5 N–H and O–H groups in total. The van der Waals surface area contributed by atoms with Crippen molar-refractivity contribution in [2.45, 2.75) is 96.9 Å². The number of urea groups is 1. The van der Waals surface area contributed by atoms with Gasteiger partial charge < -0.3 is 30.9 Å². The van der Waals surface area contributed by atoms with Crippen LogP contribution >= 0.6 is 27.7 Å². The number of nitrogens with zero attached hydrogens (tertiary/aromatic N) is 1. The molecule has 2 aromatic rings. The number of rotatable bonds is 13. The Bertz CT molecular complexity index is 1240. The molecule has 0 unspecified atom stereocenters. The zero-order valence-corrected chi connectivity index (χ0v) is 27.4. The molecule has 232 valence electrons. The summed E-state index contributed by atoms with van der Waals surface area (Å²) >= 11 is 4.96. The second-order valence-corrected chi connectivity index (χ2v) is 13.6. The lowest BCUT2D eigenvalue weighted by Gasteiger charge is -2.39. The van der Waals surface area contributed by atoms with Crippen molar-refractivity contribution in [3.63, 3.8) is 0 Å². The second kappa shape index (κ2) is 15.7. The lowest BCUT2D eigenvalue weighted by Crippen LogP contribution is -2.59. The number of carboxylic acids is 1. The van der Waals surface area contributed by atoms with Gasteiger partial charge in [-0.2, -0.15) is 11.8 Å². The number of carbonyl (C=O) groups excluding carboxylic acids is 3. The summed E-state index contributed by atoms with van der Waals surface area (Å²) in [4.78, 5) is 57.7. The lowest BCUT2D eigenvalue weighted by atomic mass is 9.97. The molecule has 42 heavy (non-hydrogen) atoms. The molecule has 5 atom stereocenters. The van der Waals surface area contributed by atoms with Crippen LogP contribution in [0.5, 0.6) is 0 Å². The Hall–Kier alpha value is -2.73. The zero-order valence-electron chi connectivity index (χ0n) is 25.0. The van der Waals surface area contributed by atoms with Crippen molar-refractivity contribution < 1.29 is 24.3 Å². The van der Waals surface area contributed by atoms with Gasteiger partial charge in [0.2, 0.25) is 11.8 Å². The summed E-state index contributed by atoms with van der Waals surface area (Å²) in [6.07, 6.45) is 3.35. The van der Waals surface area contributed by atoms with Crippen molar-refractivity contribution in [3.05, 3.63) is 34.4 Å². The number of H-pyrrole nitrogens is 1. The maximum Gasteiger partial charge on any atom is 0.327 e. The Balaban J connectivity index is 1.88. The number of fused-ring (bicyclic) bond motifs is 1. The Morgan fingerprint density at radius 3 is 2.26 bits per heavy atom. The van der Waals surface area contributed by atoms with E-state index in [1.54, 1.807) is 4.90 Å². The molecule has 1 aromatic carbocycles. The fourth-order valence-electron chi connectivity index (χ4n) is 5.48. The van der Waals surface area contributed by atoms with Crippen LogP contribution < -0.4 is 16.0 Å². The van der Waals surface area contributed by atoms with Crippen molar-refractivity contribution in [2.75, 3.05) is 11.5 Å². The molecular formula is C30H44BrN5O5S. The maximum absolute atomic E-state index is 13.8. The molecule has 3 rings (SSSR count). The summed E-state index contributed by atoms with van der Waals surface area (Å²) in [6.45, 7) is 9.88. The van der Waals surface area contributed by atoms with Crippen LogP contribution in [0.2, 0.25) is 0 Å². The number of halogens is 1. The van der Waals surface area contributed by atoms with Gasteiger partial charge in [-0.05, 0) is 78.8 Å². The topological polar surface area (TPSA) is 144 Å². The minimum absolute atomic E-state index is 0.0585. The van der Waals surface area contributed by atoms with Crippen molar-refractivity contribution in [1.82, 2.24) is 25.8 Å². The van der Waals surface area contributed by atoms with E-state index in [0.29, 0.717) is 16.8 Å². The number of nitrogens with one attached hydrogen (secondary N) is 4. The minimum Gasteiger partial charge on any atom is -0.480 e. The fourth-order valence-corrected chi connectivity index (χ4v) is 6.77. The number of hydrogen-bond donors (Lipinski definition) is 5. The summed E-state index contributed by atoms with van der Waals surface area (Å²) in [7, 11) is 0. The van der Waals surface area contributed by atoms with E-state index in [1.807, 2.05) is 58.9 Å². The van der Waals surface area contributed by atoms with Crippen LogP contribution in [0.4, 0.5) is 4.79 Å². The molecular weight excluding hydrogens is 622 g/mol. The molecule has 2 heterocycles. The van der Waals surface area contributed by atoms with Crippen molar-refractivity contribution in [3.8, 4) is 0 Å². The molecule has 1 aliphatic heterocycles. The molecule has 1 fully saturated rings. The first kappa shape index (κ1) is 33.8. The largest absolute Gasteiger partial charge is 0.480 e. The van der Waals surface area contributed by atoms with E-state index in [4.69, 9.17) is 0 Å². The van der Waals surface area contributed by atoms with Crippen LogP contribution in [-0.4, -0.2) is 80.5 Å². The Morgan fingerprint density at radius 2 is 1.64 bits per heavy atom. The number of aliphatic carboxylic acids is 1. The first-order chi connectivity index (χ1) is 19.9. The zero-order chi connectivity index (χ0) is 31.0. The number of piperidine rings is 1. The van der Waals surface area contributed by atoms with Gasteiger partial charge in [0.1, 0.15) is 18.1 Å². The van der Waals surface area contributed by atoms with Gasteiger partial charge in [0.25, 0.3) is 0 Å².